The predicted molar refractivity (Wildman–Crippen MR) is 101 cm³/mol. The molecule has 0 atom stereocenters. The van der Waals surface area contributed by atoms with Crippen molar-refractivity contribution in [3.8, 4) is 0 Å². The molecule has 0 bridgehead atoms. The summed E-state index contributed by atoms with van der Waals surface area (Å²) in [6, 6.07) is 24.3. The summed E-state index contributed by atoms with van der Waals surface area (Å²) >= 11 is 0. The molecule has 0 radical (unpaired) electrons. The average Bonchev–Trinajstić information content (AvgIpc) is 2.63. The maximum absolute atomic E-state index is 6.42. The van der Waals surface area contributed by atoms with Gasteiger partial charge in [0, 0.05) is 10.8 Å². The van der Waals surface area contributed by atoms with Crippen LogP contribution in [0.5, 0.6) is 0 Å². The van der Waals surface area contributed by atoms with E-state index in [0.717, 1.165) is 32.9 Å². The van der Waals surface area contributed by atoms with E-state index < -0.39 is 0 Å². The topological polar surface area (TPSA) is 50.7 Å². The van der Waals surface area contributed by atoms with E-state index in [9.17, 15) is 0 Å². The molecule has 0 aliphatic carbocycles. The number of hydrogen-bond donors (Lipinski definition) is 1. The Morgan fingerprint density at radius 2 is 1.17 bits per heavy atom. The van der Waals surface area contributed by atoms with Crippen LogP contribution in [0.2, 0.25) is 0 Å². The molecule has 3 nitrogen and oxygen atoms in total. The molecule has 0 aliphatic heterocycles. The van der Waals surface area contributed by atoms with Crippen LogP contribution in [0.4, 0.5) is 17.1 Å². The van der Waals surface area contributed by atoms with Crippen molar-refractivity contribution in [2.24, 2.45) is 10.2 Å². The Bertz CT molecular complexity index is 1060. The Morgan fingerprint density at radius 3 is 1.83 bits per heavy atom. The van der Waals surface area contributed by atoms with Crippen LogP contribution in [0, 0.1) is 6.92 Å². The molecule has 0 saturated carbocycles. The lowest BCUT2D eigenvalue weighted by atomic mass is 9.99. The van der Waals surface area contributed by atoms with Gasteiger partial charge in [0.15, 0.2) is 0 Å². The van der Waals surface area contributed by atoms with Crippen molar-refractivity contribution in [1.29, 1.82) is 0 Å². The van der Waals surface area contributed by atoms with Gasteiger partial charge in [-0.25, -0.2) is 0 Å². The number of nitrogens with zero attached hydrogens (tertiary/aromatic N) is 2. The molecule has 0 aromatic heterocycles. The minimum Gasteiger partial charge on any atom is -0.396 e. The normalized spacial score (nSPS) is 11.5. The standard InChI is InChI=1S/C21H17N3/c1-14-10-12-15(13-11-14)23-24-21-19-9-5-3-7-17(19)16-6-2-4-8-18(16)20(21)22/h2-13H,22H2,1H3. The number of azo groups is 1. The van der Waals surface area contributed by atoms with Crippen molar-refractivity contribution in [2.45, 2.75) is 6.92 Å². The molecule has 0 unspecified atom stereocenters. The second-order valence-corrected chi connectivity index (χ2v) is 5.89. The molecule has 116 valence electrons. The van der Waals surface area contributed by atoms with E-state index in [2.05, 4.69) is 29.3 Å². The zero-order chi connectivity index (χ0) is 16.5. The van der Waals surface area contributed by atoms with Gasteiger partial charge in [-0.15, -0.1) is 5.11 Å². The van der Waals surface area contributed by atoms with Crippen LogP contribution in [-0.2, 0) is 0 Å². The molecule has 0 fully saturated rings. The molecule has 0 heterocycles. The van der Waals surface area contributed by atoms with Crippen molar-refractivity contribution in [1.82, 2.24) is 0 Å². The molecule has 3 heteroatoms. The molecular weight excluding hydrogens is 294 g/mol. The summed E-state index contributed by atoms with van der Waals surface area (Å²) < 4.78 is 0. The van der Waals surface area contributed by atoms with Crippen LogP contribution >= 0.6 is 0 Å². The van der Waals surface area contributed by atoms with Crippen LogP contribution in [0.1, 0.15) is 5.56 Å². The third-order valence-electron chi connectivity index (χ3n) is 4.24. The van der Waals surface area contributed by atoms with E-state index in [1.165, 1.54) is 5.56 Å². The number of aryl methyl sites for hydroxylation is 1. The first-order valence-electron chi connectivity index (χ1n) is 7.91. The lowest BCUT2D eigenvalue weighted by molar-refractivity contribution is 1.24. The minimum atomic E-state index is 0.667. The largest absolute Gasteiger partial charge is 0.396 e. The fraction of sp³-hybridized carbons (Fsp3) is 0.0476. The summed E-state index contributed by atoms with van der Waals surface area (Å²) in [7, 11) is 0. The van der Waals surface area contributed by atoms with Gasteiger partial charge in [-0.05, 0) is 29.8 Å². The lowest BCUT2D eigenvalue weighted by Crippen LogP contribution is -1.90. The number of nitrogen functional groups attached to an aromatic ring is 1. The Morgan fingerprint density at radius 1 is 0.625 bits per heavy atom. The van der Waals surface area contributed by atoms with E-state index in [0.29, 0.717) is 5.69 Å². The van der Waals surface area contributed by atoms with Crippen molar-refractivity contribution in [2.75, 3.05) is 5.73 Å². The van der Waals surface area contributed by atoms with E-state index in [-0.39, 0.29) is 0 Å². The molecule has 0 saturated heterocycles. The first kappa shape index (κ1) is 14.4. The summed E-state index contributed by atoms with van der Waals surface area (Å²) in [6.45, 7) is 2.05. The van der Waals surface area contributed by atoms with Gasteiger partial charge in [-0.3, -0.25) is 0 Å². The highest BCUT2D eigenvalue weighted by molar-refractivity contribution is 6.18. The van der Waals surface area contributed by atoms with Crippen molar-refractivity contribution in [3.63, 3.8) is 0 Å². The Labute approximate surface area is 140 Å². The number of nitrogens with two attached hydrogens (primary N) is 1. The van der Waals surface area contributed by atoms with E-state index in [4.69, 9.17) is 5.73 Å². The van der Waals surface area contributed by atoms with Gasteiger partial charge in [0.25, 0.3) is 0 Å². The molecule has 0 aliphatic rings. The van der Waals surface area contributed by atoms with Crippen molar-refractivity contribution < 1.29 is 0 Å². The molecule has 2 N–H and O–H groups in total. The molecular formula is C21H17N3. The Kier molecular flexibility index (Phi) is 3.47. The fourth-order valence-corrected chi connectivity index (χ4v) is 2.98. The predicted octanol–water partition coefficient (Wildman–Crippen LogP) is 6.30. The van der Waals surface area contributed by atoms with Crippen LogP contribution in [0.15, 0.2) is 83.0 Å². The number of hydrogen-bond acceptors (Lipinski definition) is 3. The number of anilines is 1. The fourth-order valence-electron chi connectivity index (χ4n) is 2.98. The number of fused-ring (bicyclic) bond motifs is 3. The van der Waals surface area contributed by atoms with Gasteiger partial charge >= 0.3 is 0 Å². The molecule has 4 rings (SSSR count). The summed E-state index contributed by atoms with van der Waals surface area (Å²) in [6.07, 6.45) is 0. The third-order valence-corrected chi connectivity index (χ3v) is 4.24. The number of rotatable bonds is 2. The second-order valence-electron chi connectivity index (χ2n) is 5.89. The van der Waals surface area contributed by atoms with Gasteiger partial charge < -0.3 is 5.73 Å². The van der Waals surface area contributed by atoms with E-state index >= 15 is 0 Å². The average molecular weight is 311 g/mol. The Balaban J connectivity index is 1.96. The highest BCUT2D eigenvalue weighted by atomic mass is 15.1. The van der Waals surface area contributed by atoms with Crippen LogP contribution < -0.4 is 5.73 Å². The quantitative estimate of drug-likeness (QED) is 0.263. The van der Waals surface area contributed by atoms with Gasteiger partial charge in [0.05, 0.1) is 11.4 Å². The molecule has 24 heavy (non-hydrogen) atoms. The summed E-state index contributed by atoms with van der Waals surface area (Å²) in [4.78, 5) is 0. The summed E-state index contributed by atoms with van der Waals surface area (Å²) in [5, 5.41) is 13.2. The van der Waals surface area contributed by atoms with Crippen molar-refractivity contribution in [3.05, 3.63) is 78.4 Å². The molecule has 0 spiro atoms. The van der Waals surface area contributed by atoms with Gasteiger partial charge in [-0.1, -0.05) is 66.2 Å². The molecule has 4 aromatic rings. The van der Waals surface area contributed by atoms with E-state index in [1.54, 1.807) is 0 Å². The van der Waals surface area contributed by atoms with Crippen LogP contribution in [-0.4, -0.2) is 0 Å². The van der Waals surface area contributed by atoms with Gasteiger partial charge in [-0.2, -0.15) is 5.11 Å². The minimum absolute atomic E-state index is 0.667. The summed E-state index contributed by atoms with van der Waals surface area (Å²) in [5.74, 6) is 0. The monoisotopic (exact) mass is 311 g/mol. The molecule has 4 aromatic carbocycles. The third kappa shape index (κ3) is 2.40. The lowest BCUT2D eigenvalue weighted by Gasteiger charge is -2.10. The zero-order valence-corrected chi connectivity index (χ0v) is 13.4. The van der Waals surface area contributed by atoms with Gasteiger partial charge in [0.1, 0.15) is 5.69 Å². The second kappa shape index (κ2) is 5.78. The highest BCUT2D eigenvalue weighted by Crippen LogP contribution is 2.40. The van der Waals surface area contributed by atoms with E-state index in [1.807, 2.05) is 60.7 Å². The van der Waals surface area contributed by atoms with Crippen molar-refractivity contribution >= 4 is 38.6 Å². The highest BCUT2D eigenvalue weighted by Gasteiger charge is 2.11. The summed E-state index contributed by atoms with van der Waals surface area (Å²) in [5.41, 5.74) is 9.83. The first-order valence-corrected chi connectivity index (χ1v) is 7.91. The number of benzene rings is 4. The van der Waals surface area contributed by atoms with Gasteiger partial charge in [0.2, 0.25) is 0 Å². The molecule has 0 amide bonds. The Hall–Kier alpha value is -3.20. The SMILES string of the molecule is Cc1ccc(N=Nc2c(N)c3ccccc3c3ccccc23)cc1. The first-order chi connectivity index (χ1) is 11.7. The maximum Gasteiger partial charge on any atom is 0.117 e. The van der Waals surface area contributed by atoms with Crippen LogP contribution in [0.25, 0.3) is 21.5 Å². The maximum atomic E-state index is 6.42. The van der Waals surface area contributed by atoms with Crippen LogP contribution in [0.3, 0.4) is 0 Å². The smallest absolute Gasteiger partial charge is 0.117 e. The zero-order valence-electron chi connectivity index (χ0n) is 13.4.